The number of rotatable bonds is 4. The van der Waals surface area contributed by atoms with Crippen LogP contribution in [0.25, 0.3) is 0 Å². The summed E-state index contributed by atoms with van der Waals surface area (Å²) >= 11 is 0. The molecule has 0 saturated heterocycles. The first-order chi connectivity index (χ1) is 8.70. The molecule has 1 heteroatoms. The van der Waals surface area contributed by atoms with Crippen molar-refractivity contribution < 1.29 is 25.8 Å². The minimum atomic E-state index is 0. The molecule has 0 amide bonds. The van der Waals surface area contributed by atoms with Gasteiger partial charge in [-0.25, -0.2) is 12.1 Å². The van der Waals surface area contributed by atoms with Crippen LogP contribution in [0.2, 0.25) is 0 Å². The largest absolute Gasteiger partial charge is 4.00 e. The van der Waals surface area contributed by atoms with Crippen molar-refractivity contribution in [3.8, 4) is 0 Å². The third-order valence-corrected chi connectivity index (χ3v) is 3.40. The van der Waals surface area contributed by atoms with Gasteiger partial charge in [0, 0.05) is 0 Å². The summed E-state index contributed by atoms with van der Waals surface area (Å²) in [6.07, 6.45) is 5.04. The fourth-order valence-corrected chi connectivity index (χ4v) is 2.35. The topological polar surface area (TPSA) is 0 Å². The van der Waals surface area contributed by atoms with E-state index in [2.05, 4.69) is 33.8 Å². The second kappa shape index (κ2) is 14.5. The Balaban J connectivity index is -0.000000349. The molecule has 0 unspecified atom stereocenters. The second-order valence-corrected chi connectivity index (χ2v) is 4.92. The van der Waals surface area contributed by atoms with E-state index in [-0.39, 0.29) is 40.7 Å². The third-order valence-electron chi connectivity index (χ3n) is 3.40. The molecule has 2 rings (SSSR count). The maximum atomic E-state index is 2.38. The molecule has 0 bridgehead atoms. The summed E-state index contributed by atoms with van der Waals surface area (Å²) < 4.78 is 0. The fraction of sp³-hybridized carbons (Fsp3) is 0.400. The van der Waals surface area contributed by atoms with Gasteiger partial charge in [0.15, 0.2) is 0 Å². The first-order valence-electron chi connectivity index (χ1n) is 7.12. The maximum Gasteiger partial charge on any atom is 4.00 e. The number of hydrogen-bond donors (Lipinski definition) is 0. The summed E-state index contributed by atoms with van der Waals surface area (Å²) in [5, 5.41) is 0. The van der Waals surface area contributed by atoms with Crippen molar-refractivity contribution in [2.45, 2.75) is 53.4 Å². The minimum absolute atomic E-state index is 0. The third kappa shape index (κ3) is 8.56. The molecule has 0 heterocycles. The predicted molar refractivity (Wildman–Crippen MR) is 94.4 cm³/mol. The Hall–Kier alpha value is -0.430. The van der Waals surface area contributed by atoms with Crippen molar-refractivity contribution in [2.75, 3.05) is 0 Å². The van der Waals surface area contributed by atoms with Gasteiger partial charge >= 0.3 is 25.8 Å². The molecule has 0 aliphatic rings. The molecular formula is C20H32Hf. The molecule has 0 aromatic heterocycles. The van der Waals surface area contributed by atoms with Crippen molar-refractivity contribution in [1.29, 1.82) is 0 Å². The molecule has 0 saturated carbocycles. The monoisotopic (exact) mass is 452 g/mol. The summed E-state index contributed by atoms with van der Waals surface area (Å²) in [6, 6.07) is 12.4. The average molecular weight is 451 g/mol. The van der Waals surface area contributed by atoms with Crippen molar-refractivity contribution in [3.63, 3.8) is 0 Å². The van der Waals surface area contributed by atoms with Crippen LogP contribution in [0.4, 0.5) is 0 Å². The van der Waals surface area contributed by atoms with E-state index in [9.17, 15) is 0 Å². The van der Waals surface area contributed by atoms with E-state index < -0.39 is 0 Å². The van der Waals surface area contributed by atoms with E-state index in [0.29, 0.717) is 0 Å². The van der Waals surface area contributed by atoms with Gasteiger partial charge in [0.1, 0.15) is 0 Å². The number of hydrogen-bond acceptors (Lipinski definition) is 0. The summed E-state index contributed by atoms with van der Waals surface area (Å²) in [6.45, 7) is 9.01. The van der Waals surface area contributed by atoms with Gasteiger partial charge in [-0.05, 0) is 0 Å². The molecular weight excluding hydrogens is 419 g/mol. The van der Waals surface area contributed by atoms with Gasteiger partial charge in [-0.1, -0.05) is 53.4 Å². The Kier molecular flexibility index (Phi) is 17.6. The molecule has 21 heavy (non-hydrogen) atoms. The van der Waals surface area contributed by atoms with Gasteiger partial charge in [-0.2, -0.15) is 46.5 Å². The zero-order chi connectivity index (χ0) is 13.4. The van der Waals surface area contributed by atoms with Crippen LogP contribution in [0.15, 0.2) is 36.4 Å². The Morgan fingerprint density at radius 1 is 1.00 bits per heavy atom. The molecule has 0 aliphatic heterocycles. The van der Waals surface area contributed by atoms with E-state index in [1.54, 1.807) is 11.1 Å². The maximum absolute atomic E-state index is 2.38. The Morgan fingerprint density at radius 2 is 1.52 bits per heavy atom. The van der Waals surface area contributed by atoms with Crippen LogP contribution in [-0.2, 0) is 38.7 Å². The van der Waals surface area contributed by atoms with E-state index in [0.717, 1.165) is 0 Å². The molecule has 0 atom stereocenters. The van der Waals surface area contributed by atoms with Crippen molar-refractivity contribution in [1.82, 2.24) is 0 Å². The standard InChI is InChI=1S/C13H21.C5H5.2CH3.Hf/c1-5-7-12-9-10(3)11(4)13(12)8-6-2;1-2-4-5-3-1;;;/h9H,5-8H2,1-4H3;1-5H;2*1H3;/q4*-1;+4. The van der Waals surface area contributed by atoms with Crippen LogP contribution >= 0.6 is 0 Å². The fourth-order valence-electron chi connectivity index (χ4n) is 2.35. The molecule has 2 aromatic carbocycles. The molecule has 0 nitrogen and oxygen atoms in total. The first-order valence-corrected chi connectivity index (χ1v) is 7.12. The van der Waals surface area contributed by atoms with Gasteiger partial charge in [0.25, 0.3) is 0 Å². The van der Waals surface area contributed by atoms with Crippen LogP contribution in [0.1, 0.15) is 48.9 Å². The molecule has 2 aromatic rings. The van der Waals surface area contributed by atoms with Crippen LogP contribution < -0.4 is 0 Å². The molecule has 116 valence electrons. The van der Waals surface area contributed by atoms with E-state index in [4.69, 9.17) is 0 Å². The smallest absolute Gasteiger partial charge is 0.358 e. The van der Waals surface area contributed by atoms with Crippen LogP contribution in [0.5, 0.6) is 0 Å². The SMILES string of the molecule is CCCc1c[c-](C)c(C)c1CCC.[CH3-].[CH3-].[Hf+4].c1cc[cH-]c1. The molecule has 0 fully saturated rings. The van der Waals surface area contributed by atoms with Crippen LogP contribution in [0, 0.1) is 28.7 Å². The minimum Gasteiger partial charge on any atom is -0.358 e. The summed E-state index contributed by atoms with van der Waals surface area (Å²) in [7, 11) is 0. The van der Waals surface area contributed by atoms with E-state index >= 15 is 0 Å². The average Bonchev–Trinajstić information content (AvgIpc) is 2.99. The second-order valence-electron chi connectivity index (χ2n) is 4.92. The molecule has 0 aliphatic carbocycles. The number of aryl methyl sites for hydroxylation is 2. The molecule has 0 N–H and O–H groups in total. The van der Waals surface area contributed by atoms with Crippen molar-refractivity contribution >= 4 is 0 Å². The van der Waals surface area contributed by atoms with Crippen LogP contribution in [0.3, 0.4) is 0 Å². The van der Waals surface area contributed by atoms with Gasteiger partial charge in [0.2, 0.25) is 0 Å². The van der Waals surface area contributed by atoms with Gasteiger partial charge in [-0.3, -0.25) is 0 Å². The van der Waals surface area contributed by atoms with Crippen molar-refractivity contribution in [3.05, 3.63) is 73.5 Å². The zero-order valence-corrected chi connectivity index (χ0v) is 18.4. The summed E-state index contributed by atoms with van der Waals surface area (Å²) in [5.74, 6) is 0. The van der Waals surface area contributed by atoms with Gasteiger partial charge in [0.05, 0.1) is 0 Å². The van der Waals surface area contributed by atoms with Gasteiger partial charge in [-0.15, -0.1) is 0 Å². The quantitative estimate of drug-likeness (QED) is 0.382. The Bertz CT molecular complexity index is 404. The first kappa shape index (κ1) is 25.5. The van der Waals surface area contributed by atoms with Crippen LogP contribution in [-0.4, -0.2) is 0 Å². The Labute approximate surface area is 152 Å². The van der Waals surface area contributed by atoms with E-state index in [1.807, 2.05) is 30.3 Å². The van der Waals surface area contributed by atoms with Crippen molar-refractivity contribution in [2.24, 2.45) is 0 Å². The normalized spacial score (nSPS) is 8.57. The molecule has 0 radical (unpaired) electrons. The zero-order valence-electron chi connectivity index (χ0n) is 14.8. The summed E-state index contributed by atoms with van der Waals surface area (Å²) in [5.41, 5.74) is 6.23. The molecule has 0 spiro atoms. The van der Waals surface area contributed by atoms with E-state index in [1.165, 1.54) is 36.8 Å². The Morgan fingerprint density at radius 3 is 1.90 bits per heavy atom. The van der Waals surface area contributed by atoms with Gasteiger partial charge < -0.3 is 14.9 Å². The predicted octanol–water partition coefficient (Wildman–Crippen LogP) is 6.23. The summed E-state index contributed by atoms with van der Waals surface area (Å²) in [4.78, 5) is 0.